The van der Waals surface area contributed by atoms with Crippen LogP contribution in [-0.4, -0.2) is 32.6 Å². The highest BCUT2D eigenvalue weighted by atomic mass is 16.6. The van der Waals surface area contributed by atoms with E-state index in [2.05, 4.69) is 15.5 Å². The Kier molecular flexibility index (Phi) is 4.35. The topological polar surface area (TPSA) is 164 Å². The molecule has 1 amide bonds. The number of ether oxygens (including phenoxy) is 1. The fraction of sp³-hybridized carbons (Fsp3) is 0.308. The highest BCUT2D eigenvalue weighted by molar-refractivity contribution is 6.04. The quantitative estimate of drug-likeness (QED) is 0.627. The molecule has 2 heterocycles. The molecule has 0 bridgehead atoms. The van der Waals surface area contributed by atoms with Gasteiger partial charge >= 0.3 is 6.01 Å². The number of nitro benzene ring substituents is 2. The zero-order valence-electron chi connectivity index (χ0n) is 12.6. The van der Waals surface area contributed by atoms with E-state index in [1.165, 1.54) is 0 Å². The van der Waals surface area contributed by atoms with Crippen LogP contribution < -0.4 is 5.32 Å². The summed E-state index contributed by atoms with van der Waals surface area (Å²) in [7, 11) is 0. The van der Waals surface area contributed by atoms with E-state index in [4.69, 9.17) is 9.15 Å². The third-order valence-corrected chi connectivity index (χ3v) is 3.45. The summed E-state index contributed by atoms with van der Waals surface area (Å²) < 4.78 is 10.6. The van der Waals surface area contributed by atoms with Gasteiger partial charge < -0.3 is 9.15 Å². The highest BCUT2D eigenvalue weighted by Gasteiger charge is 2.25. The van der Waals surface area contributed by atoms with Gasteiger partial charge in [-0.25, -0.2) is 0 Å². The number of non-ortho nitro benzene ring substituents is 2. The van der Waals surface area contributed by atoms with E-state index in [1.807, 2.05) is 0 Å². The SMILES string of the molecule is O=C(Nc1nnc(C2CCCO2)o1)c1cc([N+](=O)[O-])cc([N+](=O)[O-])c1. The number of hydrogen-bond acceptors (Lipinski definition) is 9. The van der Waals surface area contributed by atoms with E-state index >= 15 is 0 Å². The Morgan fingerprint density at radius 3 is 2.40 bits per heavy atom. The van der Waals surface area contributed by atoms with Crippen LogP contribution in [0.25, 0.3) is 0 Å². The van der Waals surface area contributed by atoms with Crippen LogP contribution in [-0.2, 0) is 4.74 Å². The molecule has 1 aromatic heterocycles. The number of benzene rings is 1. The van der Waals surface area contributed by atoms with Crippen molar-refractivity contribution in [2.75, 3.05) is 11.9 Å². The first-order chi connectivity index (χ1) is 11.9. The van der Waals surface area contributed by atoms with Crippen LogP contribution >= 0.6 is 0 Å². The van der Waals surface area contributed by atoms with Gasteiger partial charge in [-0.15, -0.1) is 5.10 Å². The summed E-state index contributed by atoms with van der Waals surface area (Å²) in [5.41, 5.74) is -1.44. The Morgan fingerprint density at radius 1 is 1.16 bits per heavy atom. The lowest BCUT2D eigenvalue weighted by Gasteiger charge is -2.03. The number of amides is 1. The lowest BCUT2D eigenvalue weighted by atomic mass is 10.1. The maximum absolute atomic E-state index is 12.2. The number of aromatic nitrogens is 2. The molecule has 12 heteroatoms. The molecule has 0 aliphatic carbocycles. The zero-order chi connectivity index (χ0) is 18.0. The van der Waals surface area contributed by atoms with Crippen LogP contribution in [0.3, 0.4) is 0 Å². The summed E-state index contributed by atoms with van der Waals surface area (Å²) in [6.07, 6.45) is 1.23. The third kappa shape index (κ3) is 3.58. The van der Waals surface area contributed by atoms with Gasteiger partial charge in [-0.2, -0.15) is 0 Å². The molecule has 1 aromatic carbocycles. The molecular formula is C13H11N5O7. The maximum Gasteiger partial charge on any atom is 0.322 e. The average Bonchev–Trinajstić information content (AvgIpc) is 3.25. The molecule has 1 N–H and O–H groups in total. The predicted molar refractivity (Wildman–Crippen MR) is 79.9 cm³/mol. The van der Waals surface area contributed by atoms with Crippen molar-refractivity contribution in [1.29, 1.82) is 0 Å². The number of anilines is 1. The molecular weight excluding hydrogens is 338 g/mol. The smallest absolute Gasteiger partial charge is 0.322 e. The number of nitro groups is 2. The van der Waals surface area contributed by atoms with Crippen LogP contribution in [0.1, 0.15) is 35.2 Å². The van der Waals surface area contributed by atoms with Crippen molar-refractivity contribution in [1.82, 2.24) is 10.2 Å². The lowest BCUT2D eigenvalue weighted by Crippen LogP contribution is -2.13. The monoisotopic (exact) mass is 349 g/mol. The second-order valence-electron chi connectivity index (χ2n) is 5.15. The Labute approximate surface area is 139 Å². The molecule has 0 radical (unpaired) electrons. The summed E-state index contributed by atoms with van der Waals surface area (Å²) in [6, 6.07) is 2.36. The summed E-state index contributed by atoms with van der Waals surface area (Å²) in [5, 5.41) is 31.4. The van der Waals surface area contributed by atoms with Gasteiger partial charge in [0.25, 0.3) is 17.3 Å². The summed E-state index contributed by atoms with van der Waals surface area (Å²) in [6.45, 7) is 0.575. The van der Waals surface area contributed by atoms with Crippen molar-refractivity contribution in [3.8, 4) is 0 Å². The fourth-order valence-corrected chi connectivity index (χ4v) is 2.29. The van der Waals surface area contributed by atoms with Gasteiger partial charge in [0.15, 0.2) is 0 Å². The second-order valence-corrected chi connectivity index (χ2v) is 5.15. The van der Waals surface area contributed by atoms with E-state index in [9.17, 15) is 25.0 Å². The minimum absolute atomic E-state index is 0.206. The second kappa shape index (κ2) is 6.60. The summed E-state index contributed by atoms with van der Waals surface area (Å²) in [5.74, 6) is -0.646. The largest absolute Gasteiger partial charge is 0.405 e. The Bertz CT molecular complexity index is 811. The number of rotatable bonds is 5. The van der Waals surface area contributed by atoms with Crippen molar-refractivity contribution in [2.24, 2.45) is 0 Å². The van der Waals surface area contributed by atoms with Crippen molar-refractivity contribution in [3.05, 3.63) is 49.9 Å². The molecule has 12 nitrogen and oxygen atoms in total. The van der Waals surface area contributed by atoms with Crippen LogP contribution in [0.5, 0.6) is 0 Å². The van der Waals surface area contributed by atoms with E-state index in [-0.39, 0.29) is 23.6 Å². The summed E-state index contributed by atoms with van der Waals surface area (Å²) in [4.78, 5) is 32.2. The number of hydrogen-bond donors (Lipinski definition) is 1. The predicted octanol–water partition coefficient (Wildman–Crippen LogP) is 1.99. The van der Waals surface area contributed by atoms with Gasteiger partial charge in [-0.1, -0.05) is 5.10 Å². The van der Waals surface area contributed by atoms with Gasteiger partial charge in [-0.05, 0) is 12.8 Å². The van der Waals surface area contributed by atoms with Crippen molar-refractivity contribution >= 4 is 23.3 Å². The Hall–Kier alpha value is -3.41. The number of carbonyl (C=O) groups excluding carboxylic acids is 1. The molecule has 0 saturated carbocycles. The normalized spacial score (nSPS) is 16.6. The first kappa shape index (κ1) is 16.4. The molecule has 25 heavy (non-hydrogen) atoms. The average molecular weight is 349 g/mol. The Morgan fingerprint density at radius 2 is 1.84 bits per heavy atom. The van der Waals surface area contributed by atoms with Gasteiger partial charge in [0.2, 0.25) is 5.89 Å². The molecule has 1 aliphatic heterocycles. The van der Waals surface area contributed by atoms with Gasteiger partial charge in [0, 0.05) is 18.7 Å². The van der Waals surface area contributed by atoms with Crippen LogP contribution in [0, 0.1) is 20.2 Å². The zero-order valence-corrected chi connectivity index (χ0v) is 12.6. The van der Waals surface area contributed by atoms with Crippen molar-refractivity contribution < 1.29 is 23.8 Å². The molecule has 1 atom stereocenters. The Balaban J connectivity index is 1.81. The van der Waals surface area contributed by atoms with Gasteiger partial charge in [0.1, 0.15) is 6.10 Å². The standard InChI is InChI=1S/C13H11N5O7/c19-11(7-4-8(17(20)21)6-9(5-7)18(22)23)14-13-16-15-12(25-13)10-2-1-3-24-10/h4-6,10H,1-3H2,(H,14,16,19). The number of carbonyl (C=O) groups is 1. The van der Waals surface area contributed by atoms with E-state index in [1.54, 1.807) is 0 Å². The molecule has 130 valence electrons. The fourth-order valence-electron chi connectivity index (χ4n) is 2.29. The lowest BCUT2D eigenvalue weighted by molar-refractivity contribution is -0.394. The maximum atomic E-state index is 12.2. The van der Waals surface area contributed by atoms with Crippen LogP contribution in [0.4, 0.5) is 17.4 Å². The highest BCUT2D eigenvalue weighted by Crippen LogP contribution is 2.28. The van der Waals surface area contributed by atoms with E-state index in [0.29, 0.717) is 13.0 Å². The minimum Gasteiger partial charge on any atom is -0.405 e. The number of nitrogens with zero attached hydrogens (tertiary/aromatic N) is 4. The van der Waals surface area contributed by atoms with Gasteiger partial charge in [-0.3, -0.25) is 30.3 Å². The molecule has 1 saturated heterocycles. The number of nitrogens with one attached hydrogen (secondary N) is 1. The molecule has 1 aliphatic rings. The molecule has 3 rings (SSSR count). The van der Waals surface area contributed by atoms with Gasteiger partial charge in [0.05, 0.1) is 21.5 Å². The molecule has 1 unspecified atom stereocenters. The molecule has 2 aromatic rings. The van der Waals surface area contributed by atoms with E-state index in [0.717, 1.165) is 24.6 Å². The van der Waals surface area contributed by atoms with E-state index < -0.39 is 27.1 Å². The van der Waals surface area contributed by atoms with Crippen molar-refractivity contribution in [3.63, 3.8) is 0 Å². The molecule has 1 fully saturated rings. The minimum atomic E-state index is -0.852. The van der Waals surface area contributed by atoms with Crippen LogP contribution in [0.15, 0.2) is 22.6 Å². The summed E-state index contributed by atoms with van der Waals surface area (Å²) >= 11 is 0. The van der Waals surface area contributed by atoms with Crippen molar-refractivity contribution in [2.45, 2.75) is 18.9 Å². The van der Waals surface area contributed by atoms with Crippen LogP contribution in [0.2, 0.25) is 0 Å². The first-order valence-corrected chi connectivity index (χ1v) is 7.14. The third-order valence-electron chi connectivity index (χ3n) is 3.45. The molecule has 0 spiro atoms. The first-order valence-electron chi connectivity index (χ1n) is 7.14.